The molecule has 9 heteroatoms. The number of halogens is 1. The lowest BCUT2D eigenvalue weighted by molar-refractivity contribution is -0.150. The molecule has 24 heavy (non-hydrogen) atoms. The molecule has 1 aliphatic rings. The van der Waals surface area contributed by atoms with E-state index in [1.807, 2.05) is 6.92 Å². The number of nitrogens with one attached hydrogen (secondary N) is 1. The molecular weight excluding hydrogens is 358 g/mol. The Morgan fingerprint density at radius 3 is 2.75 bits per heavy atom. The number of rotatable bonds is 6. The second kappa shape index (κ2) is 7.85. The summed E-state index contributed by atoms with van der Waals surface area (Å²) >= 11 is 5.94. The molecule has 1 fully saturated rings. The topological polar surface area (TPSA) is 98.8 Å². The van der Waals surface area contributed by atoms with Gasteiger partial charge >= 0.3 is 5.97 Å². The Bertz CT molecular complexity index is 733. The number of amides is 1. The van der Waals surface area contributed by atoms with Gasteiger partial charge in [0.05, 0.1) is 16.5 Å². The molecule has 0 aromatic heterocycles. The third-order valence-corrected chi connectivity index (χ3v) is 5.47. The minimum absolute atomic E-state index is 0.0584. The van der Waals surface area contributed by atoms with Gasteiger partial charge in [0.2, 0.25) is 0 Å². The summed E-state index contributed by atoms with van der Waals surface area (Å²) in [6.07, 6.45) is 0.372. The number of benzene rings is 1. The number of carbonyl (C=O) groups is 2. The Balaban J connectivity index is 1.71. The molecule has 0 bridgehead atoms. The van der Waals surface area contributed by atoms with Gasteiger partial charge in [-0.25, -0.2) is 13.2 Å². The van der Waals surface area contributed by atoms with Gasteiger partial charge in [-0.05, 0) is 31.0 Å². The van der Waals surface area contributed by atoms with Crippen LogP contribution in [0.15, 0.2) is 18.2 Å². The Labute approximate surface area is 145 Å². The molecule has 0 aliphatic carbocycles. The van der Waals surface area contributed by atoms with Gasteiger partial charge < -0.3 is 14.8 Å². The maximum absolute atomic E-state index is 11.6. The van der Waals surface area contributed by atoms with E-state index in [0.717, 1.165) is 5.56 Å². The lowest BCUT2D eigenvalue weighted by atomic mass is 10.2. The lowest BCUT2D eigenvalue weighted by Crippen LogP contribution is -2.38. The van der Waals surface area contributed by atoms with Gasteiger partial charge in [0.1, 0.15) is 5.75 Å². The van der Waals surface area contributed by atoms with Crippen molar-refractivity contribution in [1.29, 1.82) is 0 Å². The van der Waals surface area contributed by atoms with Crippen LogP contribution >= 0.6 is 11.6 Å². The summed E-state index contributed by atoms with van der Waals surface area (Å²) in [5, 5.41) is 2.89. The first-order chi connectivity index (χ1) is 11.2. The van der Waals surface area contributed by atoms with E-state index in [9.17, 15) is 18.0 Å². The van der Waals surface area contributed by atoms with Gasteiger partial charge in [0.15, 0.2) is 23.1 Å². The highest BCUT2D eigenvalue weighted by Crippen LogP contribution is 2.25. The fourth-order valence-corrected chi connectivity index (χ4v) is 4.07. The average Bonchev–Trinajstić information content (AvgIpc) is 2.85. The highest BCUT2D eigenvalue weighted by molar-refractivity contribution is 7.91. The number of hydrogen-bond acceptors (Lipinski definition) is 6. The molecule has 132 valence electrons. The first-order valence-electron chi connectivity index (χ1n) is 7.29. The van der Waals surface area contributed by atoms with Crippen LogP contribution in [0.4, 0.5) is 0 Å². The van der Waals surface area contributed by atoms with Crippen LogP contribution < -0.4 is 10.1 Å². The molecule has 1 amide bonds. The van der Waals surface area contributed by atoms with Crippen molar-refractivity contribution in [3.8, 4) is 5.75 Å². The number of ether oxygens (including phenoxy) is 2. The van der Waals surface area contributed by atoms with Crippen LogP contribution in [0.1, 0.15) is 12.0 Å². The van der Waals surface area contributed by atoms with Crippen molar-refractivity contribution in [2.45, 2.75) is 19.4 Å². The van der Waals surface area contributed by atoms with Gasteiger partial charge in [-0.1, -0.05) is 17.7 Å². The Kier molecular flexibility index (Phi) is 6.06. The molecule has 2 rings (SSSR count). The van der Waals surface area contributed by atoms with E-state index >= 15 is 0 Å². The Hall–Kier alpha value is -1.80. The molecule has 1 aromatic carbocycles. The van der Waals surface area contributed by atoms with E-state index in [2.05, 4.69) is 5.32 Å². The highest BCUT2D eigenvalue weighted by Gasteiger charge is 2.29. The molecule has 1 N–H and O–H groups in total. The molecule has 0 saturated carbocycles. The summed E-state index contributed by atoms with van der Waals surface area (Å²) in [5.74, 6) is -0.931. The largest absolute Gasteiger partial charge is 0.480 e. The number of sulfone groups is 1. The molecule has 1 aliphatic heterocycles. The molecule has 0 unspecified atom stereocenters. The maximum atomic E-state index is 11.6. The Morgan fingerprint density at radius 2 is 2.08 bits per heavy atom. The van der Waals surface area contributed by atoms with Crippen LogP contribution in [0.25, 0.3) is 0 Å². The summed E-state index contributed by atoms with van der Waals surface area (Å²) < 4.78 is 32.6. The van der Waals surface area contributed by atoms with E-state index in [1.54, 1.807) is 18.2 Å². The van der Waals surface area contributed by atoms with Crippen LogP contribution in [0.3, 0.4) is 0 Å². The van der Waals surface area contributed by atoms with E-state index < -0.39 is 34.4 Å². The van der Waals surface area contributed by atoms with Crippen molar-refractivity contribution in [1.82, 2.24) is 5.32 Å². The predicted octanol–water partition coefficient (Wildman–Crippen LogP) is 0.874. The predicted molar refractivity (Wildman–Crippen MR) is 87.8 cm³/mol. The number of aryl methyl sites for hydroxylation is 1. The third-order valence-electron chi connectivity index (χ3n) is 3.39. The molecule has 0 spiro atoms. The standard InChI is InChI=1S/C15H18ClNO6S/c1-10-2-3-12(16)13(6-10)22-8-15(19)23-7-14(18)17-11-4-5-24(20,21)9-11/h2-3,6,11H,4-5,7-9H2,1H3,(H,17,18)/t11-/m0/s1. The van der Waals surface area contributed by atoms with Crippen LogP contribution in [-0.2, 0) is 24.2 Å². The van der Waals surface area contributed by atoms with E-state index in [1.165, 1.54) is 0 Å². The van der Waals surface area contributed by atoms with E-state index in [4.69, 9.17) is 21.1 Å². The zero-order valence-corrected chi connectivity index (χ0v) is 14.7. The van der Waals surface area contributed by atoms with Gasteiger partial charge in [-0.2, -0.15) is 0 Å². The van der Waals surface area contributed by atoms with Crippen LogP contribution in [0, 0.1) is 6.92 Å². The second-order valence-corrected chi connectivity index (χ2v) is 8.19. The summed E-state index contributed by atoms with van der Waals surface area (Å²) in [5.41, 5.74) is 0.925. The zero-order chi connectivity index (χ0) is 17.7. The molecule has 7 nitrogen and oxygen atoms in total. The maximum Gasteiger partial charge on any atom is 0.344 e. The molecule has 1 atom stereocenters. The zero-order valence-electron chi connectivity index (χ0n) is 13.1. The monoisotopic (exact) mass is 375 g/mol. The lowest BCUT2D eigenvalue weighted by Gasteiger charge is -2.11. The van der Waals surface area contributed by atoms with Crippen molar-refractivity contribution >= 4 is 33.3 Å². The third kappa shape index (κ3) is 5.68. The van der Waals surface area contributed by atoms with Gasteiger partial charge in [0, 0.05) is 6.04 Å². The minimum atomic E-state index is -3.07. The molecule has 1 saturated heterocycles. The number of hydrogen-bond donors (Lipinski definition) is 1. The minimum Gasteiger partial charge on any atom is -0.480 e. The first-order valence-corrected chi connectivity index (χ1v) is 9.49. The van der Waals surface area contributed by atoms with E-state index in [-0.39, 0.29) is 18.1 Å². The summed E-state index contributed by atoms with van der Waals surface area (Å²) in [7, 11) is -3.07. The normalized spacial score (nSPS) is 18.8. The second-order valence-electron chi connectivity index (χ2n) is 5.55. The smallest absolute Gasteiger partial charge is 0.344 e. The Morgan fingerprint density at radius 1 is 1.33 bits per heavy atom. The average molecular weight is 376 g/mol. The molecule has 0 radical (unpaired) electrons. The van der Waals surface area contributed by atoms with Crippen LogP contribution in [0.5, 0.6) is 5.75 Å². The SMILES string of the molecule is Cc1ccc(Cl)c(OCC(=O)OCC(=O)N[C@H]2CCS(=O)(=O)C2)c1. The van der Waals surface area contributed by atoms with Crippen LogP contribution in [-0.4, -0.2) is 51.1 Å². The quantitative estimate of drug-likeness (QED) is 0.741. The van der Waals surface area contributed by atoms with Crippen molar-refractivity contribution in [3.05, 3.63) is 28.8 Å². The number of carbonyl (C=O) groups excluding carboxylic acids is 2. The molecular formula is C15H18ClNO6S. The van der Waals surface area contributed by atoms with Crippen molar-refractivity contribution in [2.75, 3.05) is 24.7 Å². The van der Waals surface area contributed by atoms with Crippen molar-refractivity contribution < 1.29 is 27.5 Å². The highest BCUT2D eigenvalue weighted by atomic mass is 35.5. The molecule has 1 heterocycles. The summed E-state index contributed by atoms with van der Waals surface area (Å²) in [6, 6.07) is 4.72. The van der Waals surface area contributed by atoms with Gasteiger partial charge in [0.25, 0.3) is 5.91 Å². The van der Waals surface area contributed by atoms with Crippen molar-refractivity contribution in [3.63, 3.8) is 0 Å². The fraction of sp³-hybridized carbons (Fsp3) is 0.467. The number of esters is 1. The van der Waals surface area contributed by atoms with Gasteiger partial charge in [-0.15, -0.1) is 0 Å². The van der Waals surface area contributed by atoms with Gasteiger partial charge in [-0.3, -0.25) is 4.79 Å². The van der Waals surface area contributed by atoms with Crippen molar-refractivity contribution in [2.24, 2.45) is 0 Å². The first kappa shape index (κ1) is 18.5. The fourth-order valence-electron chi connectivity index (χ4n) is 2.22. The summed E-state index contributed by atoms with van der Waals surface area (Å²) in [4.78, 5) is 23.2. The molecule has 1 aromatic rings. The summed E-state index contributed by atoms with van der Waals surface area (Å²) in [6.45, 7) is 0.990. The van der Waals surface area contributed by atoms with E-state index in [0.29, 0.717) is 17.2 Å². The van der Waals surface area contributed by atoms with Crippen LogP contribution in [0.2, 0.25) is 5.02 Å².